The lowest BCUT2D eigenvalue weighted by Crippen LogP contribution is -2.01. The highest BCUT2D eigenvalue weighted by Crippen LogP contribution is 2.42. The van der Waals surface area contributed by atoms with E-state index in [2.05, 4.69) is 110 Å². The zero-order valence-corrected chi connectivity index (χ0v) is 23.7. The third kappa shape index (κ3) is 3.67. The van der Waals surface area contributed by atoms with E-state index in [1.165, 1.54) is 25.7 Å². The van der Waals surface area contributed by atoms with E-state index in [-0.39, 0.29) is 0 Å². The van der Waals surface area contributed by atoms with Crippen molar-refractivity contribution >= 4 is 53.4 Å². The highest BCUT2D eigenvalue weighted by atomic mass is 32.1. The number of nitrogens with zero attached hydrogens (tertiary/aromatic N) is 5. The Morgan fingerprint density at radius 1 is 0.488 bits per heavy atom. The van der Waals surface area contributed by atoms with Gasteiger partial charge in [-0.2, -0.15) is 0 Å². The number of benzene rings is 5. The van der Waals surface area contributed by atoms with E-state index >= 15 is 0 Å². The van der Waals surface area contributed by atoms with E-state index in [9.17, 15) is 0 Å². The minimum absolute atomic E-state index is 0.805. The van der Waals surface area contributed by atoms with Crippen molar-refractivity contribution in [3.8, 4) is 34.2 Å². The molecule has 0 unspecified atom stereocenters. The summed E-state index contributed by atoms with van der Waals surface area (Å²) in [6.07, 6.45) is 1.88. The molecule has 0 radical (unpaired) electrons. The fourth-order valence-electron chi connectivity index (χ4n) is 6.22. The Balaban J connectivity index is 1.29. The van der Waals surface area contributed by atoms with Crippen LogP contribution in [0.3, 0.4) is 0 Å². The van der Waals surface area contributed by atoms with Gasteiger partial charge in [-0.25, -0.2) is 0 Å². The van der Waals surface area contributed by atoms with Crippen molar-refractivity contribution in [2.45, 2.75) is 0 Å². The SMILES string of the molecule is c1ccc(-c2nnc(-c3ccccc3)n2-c2ccc(-n3c4cccnc4c4ccc5sc6ccccc6c5c43)cc2)cc1. The molecule has 0 aliphatic carbocycles. The fourth-order valence-corrected chi connectivity index (χ4v) is 7.33. The van der Waals surface area contributed by atoms with Gasteiger partial charge in [0, 0.05) is 54.3 Å². The number of aromatic nitrogens is 5. The fraction of sp³-hybridized carbons (Fsp3) is 0. The molecule has 0 aliphatic heterocycles. The van der Waals surface area contributed by atoms with Crippen LogP contribution >= 0.6 is 11.3 Å². The molecule has 4 heterocycles. The maximum Gasteiger partial charge on any atom is 0.168 e. The van der Waals surface area contributed by atoms with Crippen LogP contribution in [0, 0.1) is 0 Å². The maximum absolute atomic E-state index is 4.84. The zero-order chi connectivity index (χ0) is 28.3. The number of rotatable bonds is 4. The van der Waals surface area contributed by atoms with Crippen molar-refractivity contribution in [2.24, 2.45) is 0 Å². The van der Waals surface area contributed by atoms with Crippen LogP contribution in [0.2, 0.25) is 0 Å². The van der Waals surface area contributed by atoms with Gasteiger partial charge in [0.25, 0.3) is 0 Å². The van der Waals surface area contributed by atoms with Gasteiger partial charge in [-0.3, -0.25) is 9.55 Å². The van der Waals surface area contributed by atoms with Gasteiger partial charge < -0.3 is 4.57 Å². The van der Waals surface area contributed by atoms with Gasteiger partial charge >= 0.3 is 0 Å². The first kappa shape index (κ1) is 24.1. The molecule has 5 nitrogen and oxygen atoms in total. The summed E-state index contributed by atoms with van der Waals surface area (Å²) in [5.74, 6) is 1.61. The molecule has 9 aromatic rings. The average molecular weight is 570 g/mol. The van der Waals surface area contributed by atoms with Crippen molar-refractivity contribution in [3.05, 3.63) is 140 Å². The number of hydrogen-bond acceptors (Lipinski definition) is 4. The molecule has 5 aromatic carbocycles. The molecular formula is C37H23N5S. The number of pyridine rings is 1. The second-order valence-corrected chi connectivity index (χ2v) is 11.7. The van der Waals surface area contributed by atoms with Crippen LogP contribution in [-0.2, 0) is 0 Å². The molecule has 9 rings (SSSR count). The highest BCUT2D eigenvalue weighted by Gasteiger charge is 2.20. The van der Waals surface area contributed by atoms with Gasteiger partial charge in [0.1, 0.15) is 0 Å². The van der Waals surface area contributed by atoms with Crippen molar-refractivity contribution in [1.29, 1.82) is 0 Å². The van der Waals surface area contributed by atoms with E-state index in [1.807, 2.05) is 60.0 Å². The largest absolute Gasteiger partial charge is 0.307 e. The number of fused-ring (bicyclic) bond motifs is 7. The Kier molecular flexibility index (Phi) is 5.30. The Morgan fingerprint density at radius 3 is 1.81 bits per heavy atom. The summed E-state index contributed by atoms with van der Waals surface area (Å²) in [7, 11) is 0. The third-order valence-corrected chi connectivity index (χ3v) is 9.25. The summed E-state index contributed by atoms with van der Waals surface area (Å²) in [5, 5.41) is 13.0. The monoisotopic (exact) mass is 569 g/mol. The minimum Gasteiger partial charge on any atom is -0.307 e. The molecule has 43 heavy (non-hydrogen) atoms. The van der Waals surface area contributed by atoms with E-state index in [0.717, 1.165) is 50.6 Å². The Morgan fingerprint density at radius 2 is 1.12 bits per heavy atom. The van der Waals surface area contributed by atoms with Crippen molar-refractivity contribution in [2.75, 3.05) is 0 Å². The number of thiophene rings is 1. The molecule has 4 aromatic heterocycles. The van der Waals surface area contributed by atoms with E-state index < -0.39 is 0 Å². The van der Waals surface area contributed by atoms with Crippen molar-refractivity contribution in [3.63, 3.8) is 0 Å². The average Bonchev–Trinajstić information content (AvgIpc) is 3.78. The second kappa shape index (κ2) is 9.48. The van der Waals surface area contributed by atoms with Gasteiger partial charge in [-0.05, 0) is 54.6 Å². The van der Waals surface area contributed by atoms with Crippen molar-refractivity contribution in [1.82, 2.24) is 24.3 Å². The molecule has 0 saturated carbocycles. The molecule has 202 valence electrons. The smallest absolute Gasteiger partial charge is 0.168 e. The summed E-state index contributed by atoms with van der Waals surface area (Å²) >= 11 is 1.84. The molecule has 0 fully saturated rings. The first-order valence-electron chi connectivity index (χ1n) is 14.2. The Labute approximate surface area is 250 Å². The van der Waals surface area contributed by atoms with E-state index in [1.54, 1.807) is 0 Å². The van der Waals surface area contributed by atoms with Crippen LogP contribution in [-0.4, -0.2) is 24.3 Å². The van der Waals surface area contributed by atoms with Gasteiger partial charge in [0.15, 0.2) is 11.6 Å². The third-order valence-electron chi connectivity index (χ3n) is 8.12. The predicted molar refractivity (Wildman–Crippen MR) is 177 cm³/mol. The molecule has 0 aliphatic rings. The Bertz CT molecular complexity index is 2380. The van der Waals surface area contributed by atoms with Crippen molar-refractivity contribution < 1.29 is 0 Å². The lowest BCUT2D eigenvalue weighted by atomic mass is 10.1. The zero-order valence-electron chi connectivity index (χ0n) is 22.9. The van der Waals surface area contributed by atoms with E-state index in [0.29, 0.717) is 0 Å². The Hall–Kier alpha value is -5.59. The summed E-state index contributed by atoms with van der Waals surface area (Å²) in [6.45, 7) is 0. The second-order valence-electron chi connectivity index (χ2n) is 10.6. The first-order chi connectivity index (χ1) is 21.3. The summed E-state index contributed by atoms with van der Waals surface area (Å²) in [6, 6.07) is 46.5. The summed E-state index contributed by atoms with van der Waals surface area (Å²) < 4.78 is 7.08. The van der Waals surface area contributed by atoms with Crippen LogP contribution in [0.1, 0.15) is 0 Å². The molecule has 0 N–H and O–H groups in total. The summed E-state index contributed by atoms with van der Waals surface area (Å²) in [4.78, 5) is 4.84. The van der Waals surface area contributed by atoms with Gasteiger partial charge in [-0.1, -0.05) is 78.9 Å². The van der Waals surface area contributed by atoms with Crippen LogP contribution in [0.25, 0.3) is 76.3 Å². The highest BCUT2D eigenvalue weighted by molar-refractivity contribution is 7.26. The minimum atomic E-state index is 0.805. The van der Waals surface area contributed by atoms with Gasteiger partial charge in [0.2, 0.25) is 0 Å². The van der Waals surface area contributed by atoms with Crippen LogP contribution in [0.15, 0.2) is 140 Å². The lowest BCUT2D eigenvalue weighted by Gasteiger charge is -2.13. The molecule has 0 saturated heterocycles. The molecule has 0 amide bonds. The van der Waals surface area contributed by atoms with Crippen LogP contribution in [0.4, 0.5) is 0 Å². The van der Waals surface area contributed by atoms with Crippen LogP contribution in [0.5, 0.6) is 0 Å². The molecule has 0 bridgehead atoms. The molecule has 6 heteroatoms. The normalized spacial score (nSPS) is 11.7. The van der Waals surface area contributed by atoms with E-state index in [4.69, 9.17) is 4.98 Å². The summed E-state index contributed by atoms with van der Waals surface area (Å²) in [5.41, 5.74) is 7.40. The number of hydrogen-bond donors (Lipinski definition) is 0. The maximum atomic E-state index is 4.84. The predicted octanol–water partition coefficient (Wildman–Crippen LogP) is 9.46. The lowest BCUT2D eigenvalue weighted by molar-refractivity contribution is 1.07. The van der Waals surface area contributed by atoms with Gasteiger partial charge in [-0.15, -0.1) is 21.5 Å². The quantitative estimate of drug-likeness (QED) is 0.212. The first-order valence-corrected chi connectivity index (χ1v) is 15.0. The molecular weight excluding hydrogens is 547 g/mol. The molecule has 0 atom stereocenters. The molecule has 0 spiro atoms. The van der Waals surface area contributed by atoms with Crippen LogP contribution < -0.4 is 0 Å². The van der Waals surface area contributed by atoms with Gasteiger partial charge in [0.05, 0.1) is 16.6 Å². The topological polar surface area (TPSA) is 48.5 Å². The standard InChI is InChI=1S/C37H23N5S/c1-3-10-24(11-4-1)36-39-40-37(25-12-5-2-6-13-25)42(36)27-19-17-26(18-20-27)41-30-15-9-23-38-34(30)29-21-22-32-33(35(29)41)28-14-7-8-16-31(28)43-32/h1-23H.